The monoisotopic (exact) mass is 438 g/mol. The van der Waals surface area contributed by atoms with E-state index in [9.17, 15) is 0 Å². The van der Waals surface area contributed by atoms with Gasteiger partial charge in [0.1, 0.15) is 0 Å². The molecule has 0 aliphatic carbocycles. The molecule has 4 rings (SSSR count). The predicted octanol–water partition coefficient (Wildman–Crippen LogP) is 5.77. The molecule has 1 aliphatic rings. The van der Waals surface area contributed by atoms with Crippen molar-refractivity contribution in [3.8, 4) is 5.69 Å². The van der Waals surface area contributed by atoms with E-state index in [2.05, 4.69) is 65.7 Å². The molecular formula is C24H27ClN4S. The van der Waals surface area contributed by atoms with Crippen molar-refractivity contribution in [2.45, 2.75) is 39.8 Å². The number of rotatable bonds is 5. The van der Waals surface area contributed by atoms with Gasteiger partial charge in [-0.1, -0.05) is 37.6 Å². The van der Waals surface area contributed by atoms with Crippen molar-refractivity contribution >= 4 is 28.9 Å². The van der Waals surface area contributed by atoms with Crippen LogP contribution in [0.5, 0.6) is 0 Å². The van der Waals surface area contributed by atoms with Crippen molar-refractivity contribution in [1.82, 2.24) is 19.8 Å². The average Bonchev–Trinajstić information content (AvgIpc) is 3.18. The Morgan fingerprint density at radius 1 is 1.13 bits per heavy atom. The molecule has 6 heteroatoms. The number of pyridine rings is 1. The molecule has 1 aliphatic heterocycles. The molecule has 156 valence electrons. The normalized spacial score (nSPS) is 18.9. The molecule has 0 radical (unpaired) electrons. The van der Waals surface area contributed by atoms with Gasteiger partial charge < -0.3 is 14.8 Å². The van der Waals surface area contributed by atoms with Gasteiger partial charge in [-0.05, 0) is 73.9 Å². The number of nitrogens with one attached hydrogen (secondary N) is 1. The molecule has 2 aromatic heterocycles. The number of aromatic nitrogens is 2. The highest BCUT2D eigenvalue weighted by Crippen LogP contribution is 2.41. The second-order valence-electron chi connectivity index (χ2n) is 8.31. The Morgan fingerprint density at radius 3 is 2.60 bits per heavy atom. The Kier molecular flexibility index (Phi) is 5.85. The van der Waals surface area contributed by atoms with Crippen molar-refractivity contribution in [2.24, 2.45) is 5.92 Å². The highest BCUT2D eigenvalue weighted by Gasteiger charge is 2.41. The first-order chi connectivity index (χ1) is 14.4. The molecule has 4 nitrogen and oxygen atoms in total. The number of hydrogen-bond acceptors (Lipinski definition) is 2. The summed E-state index contributed by atoms with van der Waals surface area (Å²) in [7, 11) is 0. The lowest BCUT2D eigenvalue weighted by atomic mass is 9.96. The first kappa shape index (κ1) is 20.9. The van der Waals surface area contributed by atoms with Crippen molar-refractivity contribution in [3.63, 3.8) is 0 Å². The van der Waals surface area contributed by atoms with Crippen LogP contribution in [0.1, 0.15) is 48.6 Å². The van der Waals surface area contributed by atoms with Crippen LogP contribution in [-0.4, -0.2) is 26.1 Å². The van der Waals surface area contributed by atoms with E-state index < -0.39 is 0 Å². The van der Waals surface area contributed by atoms with E-state index in [-0.39, 0.29) is 12.1 Å². The Morgan fingerprint density at radius 2 is 1.93 bits per heavy atom. The number of benzene rings is 1. The van der Waals surface area contributed by atoms with Gasteiger partial charge in [0.2, 0.25) is 0 Å². The minimum absolute atomic E-state index is 0.00533. The van der Waals surface area contributed by atoms with Gasteiger partial charge in [0.25, 0.3) is 0 Å². The third kappa shape index (κ3) is 3.84. The van der Waals surface area contributed by atoms with Crippen molar-refractivity contribution in [2.75, 3.05) is 6.54 Å². The van der Waals surface area contributed by atoms with Crippen LogP contribution in [0.4, 0.5) is 0 Å². The maximum absolute atomic E-state index is 6.28. The summed E-state index contributed by atoms with van der Waals surface area (Å²) in [6, 6.07) is 16.4. The molecule has 2 atom stereocenters. The zero-order chi connectivity index (χ0) is 21.4. The van der Waals surface area contributed by atoms with Crippen LogP contribution in [0.3, 0.4) is 0 Å². The fraction of sp³-hybridized carbons (Fsp3) is 0.333. The minimum Gasteiger partial charge on any atom is -0.352 e. The first-order valence-electron chi connectivity index (χ1n) is 10.3. The third-order valence-corrected chi connectivity index (χ3v) is 6.20. The Bertz CT molecular complexity index is 1060. The second-order valence-corrected chi connectivity index (χ2v) is 9.14. The fourth-order valence-corrected chi connectivity index (χ4v) is 4.93. The zero-order valence-electron chi connectivity index (χ0n) is 17.8. The number of nitrogens with zero attached hydrogens (tertiary/aromatic N) is 3. The summed E-state index contributed by atoms with van der Waals surface area (Å²) in [5.74, 6) is 0.492. The quantitative estimate of drug-likeness (QED) is 0.512. The molecule has 3 aromatic rings. The van der Waals surface area contributed by atoms with Crippen LogP contribution < -0.4 is 5.32 Å². The zero-order valence-corrected chi connectivity index (χ0v) is 19.3. The summed E-state index contributed by atoms with van der Waals surface area (Å²) in [6.07, 6.45) is 1.84. The molecule has 2 unspecified atom stereocenters. The number of hydrogen-bond donors (Lipinski definition) is 1. The van der Waals surface area contributed by atoms with E-state index in [0.717, 1.165) is 28.1 Å². The van der Waals surface area contributed by atoms with Crippen molar-refractivity contribution < 1.29 is 0 Å². The van der Waals surface area contributed by atoms with E-state index in [0.29, 0.717) is 5.92 Å². The summed E-state index contributed by atoms with van der Waals surface area (Å²) in [4.78, 5) is 6.96. The molecule has 1 saturated heterocycles. The topological polar surface area (TPSA) is 33.1 Å². The number of thiocarbonyl (C=S) groups is 1. The summed E-state index contributed by atoms with van der Waals surface area (Å²) < 4.78 is 2.27. The van der Waals surface area contributed by atoms with E-state index in [4.69, 9.17) is 23.8 Å². The summed E-state index contributed by atoms with van der Waals surface area (Å²) >= 11 is 12.0. The standard InChI is InChI=1S/C24H27ClN4S/c1-15(2)14-28-23(22(27-24(28)30)21-10-5-6-11-26-21)20-12-16(3)29(17(20)4)19-9-7-8-18(25)13-19/h5-13,15,22-23H,14H2,1-4H3,(H,27,30). The molecule has 0 amide bonds. The minimum atomic E-state index is 0.00533. The van der Waals surface area contributed by atoms with Gasteiger partial charge in [-0.2, -0.15) is 0 Å². The number of aryl methyl sites for hydroxylation is 1. The maximum atomic E-state index is 6.28. The van der Waals surface area contributed by atoms with Crippen LogP contribution in [0.25, 0.3) is 5.69 Å². The Hall–Kier alpha value is -2.37. The highest BCUT2D eigenvalue weighted by molar-refractivity contribution is 7.80. The van der Waals surface area contributed by atoms with Gasteiger partial charge in [0, 0.05) is 34.8 Å². The molecule has 1 fully saturated rings. The fourth-order valence-electron chi connectivity index (χ4n) is 4.43. The summed E-state index contributed by atoms with van der Waals surface area (Å²) in [6.45, 7) is 9.65. The van der Waals surface area contributed by atoms with Gasteiger partial charge in [0.15, 0.2) is 5.11 Å². The van der Waals surface area contributed by atoms with Crippen LogP contribution in [0.2, 0.25) is 5.02 Å². The van der Waals surface area contributed by atoms with Crippen molar-refractivity contribution in [1.29, 1.82) is 0 Å². The molecule has 3 heterocycles. The lowest BCUT2D eigenvalue weighted by molar-refractivity contribution is 0.287. The van der Waals surface area contributed by atoms with E-state index in [1.54, 1.807) is 0 Å². The lowest BCUT2D eigenvalue weighted by Crippen LogP contribution is -2.33. The van der Waals surface area contributed by atoms with E-state index >= 15 is 0 Å². The smallest absolute Gasteiger partial charge is 0.170 e. The van der Waals surface area contributed by atoms with Crippen LogP contribution in [0.15, 0.2) is 54.7 Å². The SMILES string of the molecule is Cc1cc(C2C(c3ccccn3)NC(=S)N2CC(C)C)c(C)n1-c1cccc(Cl)c1. The average molecular weight is 439 g/mol. The van der Waals surface area contributed by atoms with Crippen LogP contribution in [-0.2, 0) is 0 Å². The summed E-state index contributed by atoms with van der Waals surface area (Å²) in [5, 5.41) is 5.07. The first-order valence-corrected chi connectivity index (χ1v) is 11.1. The van der Waals surface area contributed by atoms with Gasteiger partial charge >= 0.3 is 0 Å². The van der Waals surface area contributed by atoms with Gasteiger partial charge in [-0.3, -0.25) is 4.98 Å². The van der Waals surface area contributed by atoms with Gasteiger partial charge in [0.05, 0.1) is 17.8 Å². The third-order valence-electron chi connectivity index (χ3n) is 5.61. The molecule has 1 N–H and O–H groups in total. The molecule has 0 bridgehead atoms. The maximum Gasteiger partial charge on any atom is 0.170 e. The lowest BCUT2D eigenvalue weighted by Gasteiger charge is -2.29. The predicted molar refractivity (Wildman–Crippen MR) is 127 cm³/mol. The van der Waals surface area contributed by atoms with Crippen LogP contribution >= 0.6 is 23.8 Å². The largest absolute Gasteiger partial charge is 0.352 e. The Balaban J connectivity index is 1.84. The molecular weight excluding hydrogens is 412 g/mol. The van der Waals surface area contributed by atoms with Crippen LogP contribution in [0, 0.1) is 19.8 Å². The van der Waals surface area contributed by atoms with Gasteiger partial charge in [-0.15, -0.1) is 0 Å². The van der Waals surface area contributed by atoms with Gasteiger partial charge in [-0.25, -0.2) is 0 Å². The second kappa shape index (κ2) is 8.40. The molecule has 1 aromatic carbocycles. The Labute approximate surface area is 188 Å². The van der Waals surface area contributed by atoms with E-state index in [1.165, 1.54) is 17.0 Å². The van der Waals surface area contributed by atoms with Crippen molar-refractivity contribution in [3.05, 3.63) is 82.4 Å². The van der Waals surface area contributed by atoms with E-state index in [1.807, 2.05) is 36.5 Å². The highest BCUT2D eigenvalue weighted by atomic mass is 35.5. The summed E-state index contributed by atoms with van der Waals surface area (Å²) in [5.41, 5.74) is 5.70. The number of halogens is 1. The molecule has 30 heavy (non-hydrogen) atoms. The molecule has 0 spiro atoms. The molecule has 0 saturated carbocycles.